The summed E-state index contributed by atoms with van der Waals surface area (Å²) in [7, 11) is 0. The lowest BCUT2D eigenvalue weighted by Crippen LogP contribution is -2.27. The summed E-state index contributed by atoms with van der Waals surface area (Å²) in [6.45, 7) is 0. The summed E-state index contributed by atoms with van der Waals surface area (Å²) in [4.78, 5) is 40.6. The fourth-order valence-corrected chi connectivity index (χ4v) is 5.17. The lowest BCUT2D eigenvalue weighted by molar-refractivity contribution is -0.141. The van der Waals surface area contributed by atoms with E-state index in [-0.39, 0.29) is 24.1 Å². The van der Waals surface area contributed by atoms with Gasteiger partial charge in [0.1, 0.15) is 0 Å². The number of carbonyl (C=O) groups is 2. The molecule has 41 heavy (non-hydrogen) atoms. The van der Waals surface area contributed by atoms with Crippen LogP contribution in [0, 0.1) is 0 Å². The Balaban J connectivity index is 1.63. The lowest BCUT2D eigenvalue weighted by Gasteiger charge is -2.22. The van der Waals surface area contributed by atoms with Gasteiger partial charge in [-0.2, -0.15) is 18.3 Å². The Kier molecular flexibility index (Phi) is 7.68. The number of nitrogens with one attached hydrogen (secondary N) is 1. The van der Waals surface area contributed by atoms with Gasteiger partial charge in [0.2, 0.25) is 5.91 Å². The van der Waals surface area contributed by atoms with Crippen molar-refractivity contribution in [1.82, 2.24) is 9.99 Å². The van der Waals surface area contributed by atoms with Gasteiger partial charge in [-0.1, -0.05) is 54.1 Å². The molecule has 4 aromatic rings. The summed E-state index contributed by atoms with van der Waals surface area (Å²) in [5, 5.41) is 15.8. The highest BCUT2D eigenvalue weighted by Crippen LogP contribution is 2.37. The standard InChI is InChI=1S/C30H23ClF3N3O4/c31-20-10-11-23-21(15-20)22(14-17-4-2-1-3-5-17)28(29(41)35-23)24-16-25(37(36-24)26(38)12-13-27(39)40)18-6-8-19(9-7-18)30(32,33)34/h1-11,15,25H,12-14,16H2,(H,35,41)(H,39,40). The number of nitrogens with zero attached hydrogens (tertiary/aromatic N) is 2. The van der Waals surface area contributed by atoms with Gasteiger partial charge in [-0.3, -0.25) is 14.4 Å². The number of hydrogen-bond donors (Lipinski definition) is 2. The predicted molar refractivity (Wildman–Crippen MR) is 148 cm³/mol. The van der Waals surface area contributed by atoms with E-state index in [9.17, 15) is 27.6 Å². The van der Waals surface area contributed by atoms with Crippen LogP contribution in [0.5, 0.6) is 0 Å². The maximum atomic E-state index is 13.5. The molecule has 11 heteroatoms. The van der Waals surface area contributed by atoms with Crippen LogP contribution in [0.3, 0.4) is 0 Å². The summed E-state index contributed by atoms with van der Waals surface area (Å²) < 4.78 is 39.6. The maximum Gasteiger partial charge on any atom is 0.416 e. The van der Waals surface area contributed by atoms with Crippen LogP contribution in [0.25, 0.3) is 10.9 Å². The summed E-state index contributed by atoms with van der Waals surface area (Å²) in [6.07, 6.45) is -4.99. The van der Waals surface area contributed by atoms with Gasteiger partial charge in [-0.05, 0) is 53.4 Å². The fraction of sp³-hybridized carbons (Fsp3) is 0.200. The maximum absolute atomic E-state index is 13.5. The van der Waals surface area contributed by atoms with Gasteiger partial charge in [0, 0.05) is 28.8 Å². The van der Waals surface area contributed by atoms with Crippen LogP contribution in [-0.4, -0.2) is 32.7 Å². The molecular formula is C30H23ClF3N3O4. The highest BCUT2D eigenvalue weighted by atomic mass is 35.5. The molecule has 0 aliphatic carbocycles. The number of aromatic amines is 1. The second-order valence-corrected chi connectivity index (χ2v) is 10.1. The van der Waals surface area contributed by atoms with E-state index in [0.717, 1.165) is 22.7 Å². The SMILES string of the molecule is O=C(O)CCC(=O)N1N=C(c2c(Cc3ccccc3)c3cc(Cl)ccc3[nH]c2=O)CC1c1ccc(C(F)(F)F)cc1. The number of fused-ring (bicyclic) bond motifs is 1. The predicted octanol–water partition coefficient (Wildman–Crippen LogP) is 6.33. The first-order valence-corrected chi connectivity index (χ1v) is 13.1. The molecule has 0 fully saturated rings. The van der Waals surface area contributed by atoms with Gasteiger partial charge in [0.25, 0.3) is 5.56 Å². The Labute approximate surface area is 236 Å². The zero-order valence-electron chi connectivity index (χ0n) is 21.4. The van der Waals surface area contributed by atoms with Crippen LogP contribution in [0.15, 0.2) is 82.7 Å². The molecule has 2 heterocycles. The van der Waals surface area contributed by atoms with E-state index in [2.05, 4.69) is 10.1 Å². The Morgan fingerprint density at radius 1 is 1.02 bits per heavy atom. The number of hydrazone groups is 1. The van der Waals surface area contributed by atoms with Crippen molar-refractivity contribution in [2.24, 2.45) is 5.10 Å². The van der Waals surface area contributed by atoms with Crippen LogP contribution in [0.2, 0.25) is 5.02 Å². The van der Waals surface area contributed by atoms with Crippen LogP contribution < -0.4 is 5.56 Å². The number of rotatable bonds is 7. The van der Waals surface area contributed by atoms with Gasteiger partial charge in [0.15, 0.2) is 0 Å². The number of aromatic nitrogens is 1. The fourth-order valence-electron chi connectivity index (χ4n) is 4.99. The van der Waals surface area contributed by atoms with E-state index in [0.29, 0.717) is 33.5 Å². The van der Waals surface area contributed by atoms with Gasteiger partial charge < -0.3 is 10.1 Å². The Bertz CT molecular complexity index is 1720. The molecule has 1 aromatic heterocycles. The van der Waals surface area contributed by atoms with Crippen LogP contribution in [0.4, 0.5) is 13.2 Å². The largest absolute Gasteiger partial charge is 0.481 e. The lowest BCUT2D eigenvalue weighted by atomic mass is 9.91. The molecule has 1 aliphatic heterocycles. The molecule has 1 aliphatic rings. The van der Waals surface area contributed by atoms with Crippen molar-refractivity contribution in [3.63, 3.8) is 0 Å². The van der Waals surface area contributed by atoms with Crippen molar-refractivity contribution >= 4 is 40.1 Å². The van der Waals surface area contributed by atoms with Crippen molar-refractivity contribution < 1.29 is 27.9 Å². The third kappa shape index (κ3) is 6.02. The van der Waals surface area contributed by atoms with E-state index in [1.807, 2.05) is 30.3 Å². The van der Waals surface area contributed by atoms with Gasteiger partial charge in [-0.25, -0.2) is 5.01 Å². The van der Waals surface area contributed by atoms with Crippen molar-refractivity contribution in [2.75, 3.05) is 0 Å². The van der Waals surface area contributed by atoms with Crippen molar-refractivity contribution in [2.45, 2.75) is 37.9 Å². The quantitative estimate of drug-likeness (QED) is 0.266. The van der Waals surface area contributed by atoms with E-state index >= 15 is 0 Å². The highest BCUT2D eigenvalue weighted by molar-refractivity contribution is 6.31. The number of carboxylic acid groups (broad SMARTS) is 1. The number of benzene rings is 3. The molecule has 1 atom stereocenters. The monoisotopic (exact) mass is 581 g/mol. The Morgan fingerprint density at radius 3 is 2.39 bits per heavy atom. The molecule has 0 bridgehead atoms. The molecule has 5 rings (SSSR count). The van der Waals surface area contributed by atoms with Gasteiger partial charge in [-0.15, -0.1) is 0 Å². The smallest absolute Gasteiger partial charge is 0.416 e. The van der Waals surface area contributed by atoms with E-state index in [1.165, 1.54) is 12.1 Å². The number of hydrogen-bond acceptors (Lipinski definition) is 4. The first-order chi connectivity index (χ1) is 19.5. The Morgan fingerprint density at radius 2 is 1.73 bits per heavy atom. The van der Waals surface area contributed by atoms with E-state index < -0.39 is 41.6 Å². The number of alkyl halides is 3. The number of halogens is 4. The number of H-pyrrole nitrogens is 1. The third-order valence-electron chi connectivity index (χ3n) is 6.94. The molecule has 1 unspecified atom stereocenters. The summed E-state index contributed by atoms with van der Waals surface area (Å²) in [5.41, 5.74) is 1.65. The second kappa shape index (κ2) is 11.2. The van der Waals surface area contributed by atoms with Crippen molar-refractivity contribution in [3.05, 3.63) is 116 Å². The molecular weight excluding hydrogens is 559 g/mol. The van der Waals surface area contributed by atoms with E-state index in [4.69, 9.17) is 16.7 Å². The minimum Gasteiger partial charge on any atom is -0.481 e. The van der Waals surface area contributed by atoms with Gasteiger partial charge >= 0.3 is 12.1 Å². The highest BCUT2D eigenvalue weighted by Gasteiger charge is 2.36. The minimum atomic E-state index is -4.54. The first kappa shape index (κ1) is 28.1. The molecule has 0 radical (unpaired) electrons. The molecule has 0 spiro atoms. The first-order valence-electron chi connectivity index (χ1n) is 12.7. The molecule has 0 saturated heterocycles. The average molecular weight is 582 g/mol. The normalized spacial score (nSPS) is 15.3. The second-order valence-electron chi connectivity index (χ2n) is 9.68. The zero-order valence-corrected chi connectivity index (χ0v) is 22.2. The number of pyridine rings is 1. The summed E-state index contributed by atoms with van der Waals surface area (Å²) >= 11 is 6.32. The minimum absolute atomic E-state index is 0.0289. The van der Waals surface area contributed by atoms with E-state index in [1.54, 1.807) is 18.2 Å². The molecule has 210 valence electrons. The zero-order chi connectivity index (χ0) is 29.3. The number of amides is 1. The summed E-state index contributed by atoms with van der Waals surface area (Å²) in [5.74, 6) is -1.81. The van der Waals surface area contributed by atoms with Gasteiger partial charge in [0.05, 0.1) is 29.3 Å². The topological polar surface area (TPSA) is 103 Å². The van der Waals surface area contributed by atoms with Crippen LogP contribution >= 0.6 is 11.6 Å². The number of carbonyl (C=O) groups excluding carboxylic acids is 1. The van der Waals surface area contributed by atoms with Crippen molar-refractivity contribution in [1.29, 1.82) is 0 Å². The van der Waals surface area contributed by atoms with Crippen LogP contribution in [-0.2, 0) is 22.2 Å². The number of carboxylic acids is 1. The molecule has 0 saturated carbocycles. The molecule has 2 N–H and O–H groups in total. The third-order valence-corrected chi connectivity index (χ3v) is 7.17. The Hall–Kier alpha value is -4.44. The molecule has 7 nitrogen and oxygen atoms in total. The average Bonchev–Trinajstić information content (AvgIpc) is 3.37. The molecule has 1 amide bonds. The van der Waals surface area contributed by atoms with Crippen LogP contribution in [0.1, 0.15) is 53.1 Å². The molecule has 3 aromatic carbocycles. The summed E-state index contributed by atoms with van der Waals surface area (Å²) in [6, 6.07) is 18.0. The van der Waals surface area contributed by atoms with Crippen molar-refractivity contribution in [3.8, 4) is 0 Å². The number of aliphatic carboxylic acids is 1.